The summed E-state index contributed by atoms with van der Waals surface area (Å²) in [7, 11) is 0. The van der Waals surface area contributed by atoms with Gasteiger partial charge in [-0.1, -0.05) is 11.6 Å². The fourth-order valence-electron chi connectivity index (χ4n) is 2.03. The molecule has 86 valence electrons. The number of Topliss-reactive ketones (excluding diaryl/α,β-unsaturated/α-hetero) is 1. The third-order valence-corrected chi connectivity index (χ3v) is 3.35. The number of rotatable bonds is 3. The highest BCUT2D eigenvalue weighted by molar-refractivity contribution is 6.30. The predicted molar refractivity (Wildman–Crippen MR) is 66.9 cm³/mol. The number of nitrogens with one attached hydrogen (secondary N) is 1. The lowest BCUT2D eigenvalue weighted by molar-refractivity contribution is -0.120. The number of halogens is 1. The summed E-state index contributed by atoms with van der Waals surface area (Å²) in [6.07, 6.45) is 3.57. The van der Waals surface area contributed by atoms with Gasteiger partial charge in [0.15, 0.2) is 0 Å². The van der Waals surface area contributed by atoms with Gasteiger partial charge < -0.3 is 5.32 Å². The molecule has 16 heavy (non-hydrogen) atoms. The number of hydrogen-bond acceptors (Lipinski definition) is 2. The summed E-state index contributed by atoms with van der Waals surface area (Å²) in [6, 6.07) is 7.73. The van der Waals surface area contributed by atoms with Crippen LogP contribution in [-0.2, 0) is 4.79 Å². The summed E-state index contributed by atoms with van der Waals surface area (Å²) in [5.41, 5.74) is 1.10. The van der Waals surface area contributed by atoms with Gasteiger partial charge in [0.25, 0.3) is 0 Å². The molecule has 1 aliphatic carbocycles. The van der Waals surface area contributed by atoms with Gasteiger partial charge in [-0.25, -0.2) is 0 Å². The summed E-state index contributed by atoms with van der Waals surface area (Å²) < 4.78 is 0. The van der Waals surface area contributed by atoms with E-state index >= 15 is 0 Å². The maximum absolute atomic E-state index is 11.1. The van der Waals surface area contributed by atoms with Crippen LogP contribution in [0.4, 0.5) is 5.69 Å². The normalized spacial score (nSPS) is 17.4. The van der Waals surface area contributed by atoms with E-state index < -0.39 is 0 Å². The average Bonchev–Trinajstić information content (AvgIpc) is 2.30. The zero-order chi connectivity index (χ0) is 11.4. The van der Waals surface area contributed by atoms with E-state index in [-0.39, 0.29) is 0 Å². The lowest BCUT2D eigenvalue weighted by Gasteiger charge is -2.21. The van der Waals surface area contributed by atoms with Crippen LogP contribution in [-0.4, -0.2) is 12.3 Å². The Morgan fingerprint density at radius 2 is 1.81 bits per heavy atom. The molecule has 1 aromatic carbocycles. The molecule has 0 unspecified atom stereocenters. The SMILES string of the molecule is O=C1CCC(CNc2ccc(Cl)cc2)CC1. The molecule has 0 radical (unpaired) electrons. The fourth-order valence-corrected chi connectivity index (χ4v) is 2.16. The van der Waals surface area contributed by atoms with Gasteiger partial charge in [-0.2, -0.15) is 0 Å². The molecule has 0 saturated heterocycles. The summed E-state index contributed by atoms with van der Waals surface area (Å²) in [5, 5.41) is 4.14. The van der Waals surface area contributed by atoms with E-state index in [0.29, 0.717) is 11.7 Å². The maximum Gasteiger partial charge on any atom is 0.132 e. The first-order valence-corrected chi connectivity index (χ1v) is 6.13. The number of carbonyl (C=O) groups excluding carboxylic acids is 1. The summed E-state index contributed by atoms with van der Waals surface area (Å²) in [6.45, 7) is 0.953. The molecule has 1 aliphatic rings. The minimum Gasteiger partial charge on any atom is -0.385 e. The topological polar surface area (TPSA) is 29.1 Å². The second-order valence-electron chi connectivity index (χ2n) is 4.37. The van der Waals surface area contributed by atoms with Gasteiger partial charge in [-0.15, -0.1) is 0 Å². The minimum absolute atomic E-state index is 0.419. The first-order chi connectivity index (χ1) is 7.74. The van der Waals surface area contributed by atoms with Crippen molar-refractivity contribution in [2.24, 2.45) is 5.92 Å². The summed E-state index contributed by atoms with van der Waals surface area (Å²) in [5.74, 6) is 1.05. The number of carbonyl (C=O) groups is 1. The van der Waals surface area contributed by atoms with Crippen LogP contribution in [0.5, 0.6) is 0 Å². The Hall–Kier alpha value is -1.02. The molecule has 0 spiro atoms. The minimum atomic E-state index is 0.419. The predicted octanol–water partition coefficient (Wildman–Crippen LogP) is 3.51. The quantitative estimate of drug-likeness (QED) is 0.872. The Balaban J connectivity index is 1.79. The van der Waals surface area contributed by atoms with Crippen molar-refractivity contribution in [3.8, 4) is 0 Å². The molecule has 1 aromatic rings. The summed E-state index contributed by atoms with van der Waals surface area (Å²) >= 11 is 5.81. The number of anilines is 1. The van der Waals surface area contributed by atoms with Gasteiger partial charge in [-0.3, -0.25) is 4.79 Å². The van der Waals surface area contributed by atoms with Gasteiger partial charge in [0, 0.05) is 30.1 Å². The van der Waals surface area contributed by atoms with Gasteiger partial charge in [0.2, 0.25) is 0 Å². The molecule has 0 bridgehead atoms. The van der Waals surface area contributed by atoms with Crippen molar-refractivity contribution in [3.63, 3.8) is 0 Å². The van der Waals surface area contributed by atoms with E-state index in [1.165, 1.54) is 0 Å². The van der Waals surface area contributed by atoms with Gasteiger partial charge in [-0.05, 0) is 43.0 Å². The smallest absolute Gasteiger partial charge is 0.132 e. The van der Waals surface area contributed by atoms with Crippen LogP contribution < -0.4 is 5.32 Å². The number of hydrogen-bond donors (Lipinski definition) is 1. The molecule has 0 aromatic heterocycles. The molecule has 0 aliphatic heterocycles. The first kappa shape index (κ1) is 11.5. The number of benzene rings is 1. The molecule has 2 nitrogen and oxygen atoms in total. The Morgan fingerprint density at radius 1 is 1.19 bits per heavy atom. The fraction of sp³-hybridized carbons (Fsp3) is 0.462. The zero-order valence-electron chi connectivity index (χ0n) is 9.21. The molecule has 3 heteroatoms. The molecule has 0 heterocycles. The molecular formula is C13H16ClNO. The average molecular weight is 238 g/mol. The van der Waals surface area contributed by atoms with Crippen LogP contribution in [0.15, 0.2) is 24.3 Å². The Labute approximate surface area is 101 Å². The molecule has 1 N–H and O–H groups in total. The zero-order valence-corrected chi connectivity index (χ0v) is 9.96. The van der Waals surface area contributed by atoms with Crippen molar-refractivity contribution >= 4 is 23.1 Å². The van der Waals surface area contributed by atoms with Crippen LogP contribution in [0, 0.1) is 5.92 Å². The third kappa shape index (κ3) is 3.24. The highest BCUT2D eigenvalue weighted by Crippen LogP contribution is 2.22. The van der Waals surface area contributed by atoms with Crippen molar-refractivity contribution in [2.75, 3.05) is 11.9 Å². The van der Waals surface area contributed by atoms with Crippen molar-refractivity contribution in [1.29, 1.82) is 0 Å². The molecule has 1 saturated carbocycles. The van der Waals surface area contributed by atoms with Crippen LogP contribution in [0.2, 0.25) is 5.02 Å². The van der Waals surface area contributed by atoms with E-state index in [0.717, 1.165) is 42.9 Å². The second kappa shape index (κ2) is 5.35. The molecule has 2 rings (SSSR count). The Morgan fingerprint density at radius 3 is 2.44 bits per heavy atom. The maximum atomic E-state index is 11.1. The molecule has 0 amide bonds. The second-order valence-corrected chi connectivity index (χ2v) is 4.81. The van der Waals surface area contributed by atoms with Crippen molar-refractivity contribution in [2.45, 2.75) is 25.7 Å². The Bertz CT molecular complexity index is 351. The lowest BCUT2D eigenvalue weighted by atomic mass is 9.88. The Kier molecular flexibility index (Phi) is 3.83. The molecule has 1 fully saturated rings. The lowest BCUT2D eigenvalue weighted by Crippen LogP contribution is -2.20. The van der Waals surface area contributed by atoms with E-state index in [1.54, 1.807) is 0 Å². The highest BCUT2D eigenvalue weighted by atomic mass is 35.5. The molecular weight excluding hydrogens is 222 g/mol. The standard InChI is InChI=1S/C13H16ClNO/c14-11-3-5-12(6-4-11)15-9-10-1-7-13(16)8-2-10/h3-6,10,15H,1-2,7-9H2. The monoisotopic (exact) mass is 237 g/mol. The van der Waals surface area contributed by atoms with Crippen LogP contribution in [0.1, 0.15) is 25.7 Å². The van der Waals surface area contributed by atoms with Crippen molar-refractivity contribution < 1.29 is 4.79 Å². The van der Waals surface area contributed by atoms with Gasteiger partial charge in [0.1, 0.15) is 5.78 Å². The van der Waals surface area contributed by atoms with E-state index in [2.05, 4.69) is 5.32 Å². The number of ketones is 1. The highest BCUT2D eigenvalue weighted by Gasteiger charge is 2.18. The van der Waals surface area contributed by atoms with Crippen LogP contribution >= 0.6 is 11.6 Å². The largest absolute Gasteiger partial charge is 0.385 e. The van der Waals surface area contributed by atoms with Gasteiger partial charge in [0.05, 0.1) is 0 Å². The third-order valence-electron chi connectivity index (χ3n) is 3.10. The van der Waals surface area contributed by atoms with Crippen molar-refractivity contribution in [1.82, 2.24) is 0 Å². The molecule has 0 atom stereocenters. The van der Waals surface area contributed by atoms with E-state index in [4.69, 9.17) is 11.6 Å². The van der Waals surface area contributed by atoms with Crippen LogP contribution in [0.25, 0.3) is 0 Å². The van der Waals surface area contributed by atoms with Crippen LogP contribution in [0.3, 0.4) is 0 Å². The van der Waals surface area contributed by atoms with Gasteiger partial charge >= 0.3 is 0 Å². The summed E-state index contributed by atoms with van der Waals surface area (Å²) in [4.78, 5) is 11.1. The first-order valence-electron chi connectivity index (χ1n) is 5.75. The van der Waals surface area contributed by atoms with E-state index in [9.17, 15) is 4.79 Å². The van der Waals surface area contributed by atoms with Crippen molar-refractivity contribution in [3.05, 3.63) is 29.3 Å². The van der Waals surface area contributed by atoms with E-state index in [1.807, 2.05) is 24.3 Å².